The van der Waals surface area contributed by atoms with Gasteiger partial charge in [-0.2, -0.15) is 0 Å². The van der Waals surface area contributed by atoms with E-state index in [9.17, 15) is 0 Å². The van der Waals surface area contributed by atoms with Crippen LogP contribution in [0.2, 0.25) is 0 Å². The van der Waals surface area contributed by atoms with Gasteiger partial charge in [-0.05, 0) is 31.6 Å². The van der Waals surface area contributed by atoms with Crippen molar-refractivity contribution < 1.29 is 0 Å². The summed E-state index contributed by atoms with van der Waals surface area (Å²) in [5.41, 5.74) is 5.48. The summed E-state index contributed by atoms with van der Waals surface area (Å²) in [4.78, 5) is 8.21. The standard InChI is InChI=1S/C11H18N4/c1-8-2-4-9(5-3-8)15-11-7-13-10(12)6-14-11/h6-9H,2-5H2,1H3,(H2,12,13)(H,14,15). The van der Waals surface area contributed by atoms with Crippen LogP contribution in [0.3, 0.4) is 0 Å². The van der Waals surface area contributed by atoms with Crippen molar-refractivity contribution >= 4 is 11.6 Å². The van der Waals surface area contributed by atoms with E-state index in [2.05, 4.69) is 22.2 Å². The van der Waals surface area contributed by atoms with E-state index < -0.39 is 0 Å². The lowest BCUT2D eigenvalue weighted by atomic mass is 9.87. The molecule has 1 fully saturated rings. The predicted molar refractivity (Wildman–Crippen MR) is 61.5 cm³/mol. The minimum atomic E-state index is 0.470. The van der Waals surface area contributed by atoms with Gasteiger partial charge >= 0.3 is 0 Å². The van der Waals surface area contributed by atoms with Gasteiger partial charge in [-0.25, -0.2) is 9.97 Å². The van der Waals surface area contributed by atoms with Gasteiger partial charge in [0.2, 0.25) is 0 Å². The van der Waals surface area contributed by atoms with E-state index in [4.69, 9.17) is 5.73 Å². The van der Waals surface area contributed by atoms with Crippen molar-refractivity contribution in [3.63, 3.8) is 0 Å². The average molecular weight is 206 g/mol. The van der Waals surface area contributed by atoms with Crippen LogP contribution in [-0.2, 0) is 0 Å². The molecule has 0 atom stereocenters. The second-order valence-corrected chi connectivity index (χ2v) is 4.43. The summed E-state index contributed by atoms with van der Waals surface area (Å²) in [5, 5.41) is 3.40. The predicted octanol–water partition coefficient (Wildman–Crippen LogP) is 2.05. The van der Waals surface area contributed by atoms with Gasteiger partial charge in [0.1, 0.15) is 11.6 Å². The van der Waals surface area contributed by atoms with Crippen molar-refractivity contribution in [1.29, 1.82) is 0 Å². The van der Waals surface area contributed by atoms with Crippen molar-refractivity contribution in [2.75, 3.05) is 11.1 Å². The summed E-state index contributed by atoms with van der Waals surface area (Å²) < 4.78 is 0. The molecule has 4 nitrogen and oxygen atoms in total. The summed E-state index contributed by atoms with van der Waals surface area (Å²) in [6.45, 7) is 2.32. The molecule has 1 aromatic heterocycles. The Balaban J connectivity index is 1.89. The van der Waals surface area contributed by atoms with Crippen LogP contribution in [0.5, 0.6) is 0 Å². The van der Waals surface area contributed by atoms with Crippen molar-refractivity contribution in [3.05, 3.63) is 12.4 Å². The Morgan fingerprint density at radius 1 is 1.20 bits per heavy atom. The highest BCUT2D eigenvalue weighted by molar-refractivity contribution is 5.36. The Kier molecular flexibility index (Phi) is 3.04. The summed E-state index contributed by atoms with van der Waals surface area (Å²) in [7, 11) is 0. The number of anilines is 2. The van der Waals surface area contributed by atoms with Gasteiger partial charge in [0.05, 0.1) is 12.4 Å². The van der Waals surface area contributed by atoms with Crippen LogP contribution in [0.15, 0.2) is 12.4 Å². The molecule has 1 saturated carbocycles. The lowest BCUT2D eigenvalue weighted by Crippen LogP contribution is -2.25. The Morgan fingerprint density at radius 3 is 2.53 bits per heavy atom. The third kappa shape index (κ3) is 2.81. The molecule has 0 saturated heterocycles. The number of hydrogen-bond donors (Lipinski definition) is 2. The van der Waals surface area contributed by atoms with Gasteiger partial charge in [-0.1, -0.05) is 6.92 Å². The molecule has 1 aliphatic carbocycles. The highest BCUT2D eigenvalue weighted by Gasteiger charge is 2.17. The minimum absolute atomic E-state index is 0.470. The maximum absolute atomic E-state index is 5.48. The molecule has 1 aromatic rings. The largest absolute Gasteiger partial charge is 0.382 e. The third-order valence-electron chi connectivity index (χ3n) is 3.04. The van der Waals surface area contributed by atoms with E-state index in [0.717, 1.165) is 11.7 Å². The van der Waals surface area contributed by atoms with Crippen LogP contribution in [0, 0.1) is 5.92 Å². The molecule has 15 heavy (non-hydrogen) atoms. The molecule has 2 rings (SSSR count). The quantitative estimate of drug-likeness (QED) is 0.777. The van der Waals surface area contributed by atoms with E-state index in [-0.39, 0.29) is 0 Å². The van der Waals surface area contributed by atoms with Gasteiger partial charge in [0.25, 0.3) is 0 Å². The fourth-order valence-corrected chi connectivity index (χ4v) is 2.03. The molecule has 82 valence electrons. The molecule has 0 radical (unpaired) electrons. The monoisotopic (exact) mass is 206 g/mol. The first-order chi connectivity index (χ1) is 7.24. The molecule has 0 aromatic carbocycles. The van der Waals surface area contributed by atoms with Crippen LogP contribution in [-0.4, -0.2) is 16.0 Å². The fraction of sp³-hybridized carbons (Fsp3) is 0.636. The molecule has 1 aliphatic rings. The number of rotatable bonds is 2. The van der Waals surface area contributed by atoms with Crippen LogP contribution < -0.4 is 11.1 Å². The molecule has 1 heterocycles. The molecule has 0 amide bonds. The molecule has 3 N–H and O–H groups in total. The van der Waals surface area contributed by atoms with Crippen molar-refractivity contribution in [2.45, 2.75) is 38.6 Å². The van der Waals surface area contributed by atoms with E-state index in [1.807, 2.05) is 0 Å². The molecule has 0 bridgehead atoms. The number of nitrogens with one attached hydrogen (secondary N) is 1. The number of nitrogens with two attached hydrogens (primary N) is 1. The Labute approximate surface area is 90.3 Å². The first-order valence-electron chi connectivity index (χ1n) is 5.58. The highest BCUT2D eigenvalue weighted by Crippen LogP contribution is 2.25. The smallest absolute Gasteiger partial charge is 0.144 e. The summed E-state index contributed by atoms with van der Waals surface area (Å²) in [6.07, 6.45) is 8.36. The van der Waals surface area contributed by atoms with Crippen molar-refractivity contribution in [3.8, 4) is 0 Å². The lowest BCUT2D eigenvalue weighted by Gasteiger charge is -2.27. The van der Waals surface area contributed by atoms with Gasteiger partial charge < -0.3 is 11.1 Å². The number of nitrogens with zero attached hydrogens (tertiary/aromatic N) is 2. The number of aromatic nitrogens is 2. The zero-order valence-electron chi connectivity index (χ0n) is 9.11. The third-order valence-corrected chi connectivity index (χ3v) is 3.04. The molecule has 0 aliphatic heterocycles. The van der Waals surface area contributed by atoms with Gasteiger partial charge in [0, 0.05) is 6.04 Å². The maximum atomic E-state index is 5.48. The zero-order valence-corrected chi connectivity index (χ0v) is 9.11. The van der Waals surface area contributed by atoms with Crippen LogP contribution in [0.25, 0.3) is 0 Å². The van der Waals surface area contributed by atoms with Crippen molar-refractivity contribution in [2.24, 2.45) is 5.92 Å². The second-order valence-electron chi connectivity index (χ2n) is 4.43. The molecular formula is C11H18N4. The van der Waals surface area contributed by atoms with Gasteiger partial charge in [-0.3, -0.25) is 0 Å². The number of nitrogen functional groups attached to an aromatic ring is 1. The Morgan fingerprint density at radius 2 is 1.93 bits per heavy atom. The summed E-state index contributed by atoms with van der Waals surface area (Å²) >= 11 is 0. The van der Waals surface area contributed by atoms with Crippen LogP contribution in [0.1, 0.15) is 32.6 Å². The SMILES string of the molecule is CC1CCC(Nc2cnc(N)cn2)CC1. The maximum Gasteiger partial charge on any atom is 0.144 e. The van der Waals surface area contributed by atoms with Gasteiger partial charge in [0.15, 0.2) is 0 Å². The summed E-state index contributed by atoms with van der Waals surface area (Å²) in [6, 6.07) is 0.555. The molecule has 0 unspecified atom stereocenters. The van der Waals surface area contributed by atoms with E-state index in [1.54, 1.807) is 12.4 Å². The van der Waals surface area contributed by atoms with Crippen LogP contribution >= 0.6 is 0 Å². The van der Waals surface area contributed by atoms with Crippen LogP contribution in [0.4, 0.5) is 11.6 Å². The first kappa shape index (κ1) is 10.2. The molecular weight excluding hydrogens is 188 g/mol. The van der Waals surface area contributed by atoms with Crippen molar-refractivity contribution in [1.82, 2.24) is 9.97 Å². The zero-order chi connectivity index (χ0) is 10.7. The molecule has 0 spiro atoms. The summed E-state index contributed by atoms with van der Waals surface area (Å²) in [5.74, 6) is 2.18. The molecule has 4 heteroatoms. The lowest BCUT2D eigenvalue weighted by molar-refractivity contribution is 0.361. The number of hydrogen-bond acceptors (Lipinski definition) is 4. The topological polar surface area (TPSA) is 63.8 Å². The van der Waals surface area contributed by atoms with Gasteiger partial charge in [-0.15, -0.1) is 0 Å². The highest BCUT2D eigenvalue weighted by atomic mass is 15.0. The first-order valence-corrected chi connectivity index (χ1v) is 5.58. The Hall–Kier alpha value is -1.32. The normalized spacial score (nSPS) is 26.2. The second kappa shape index (κ2) is 4.47. The van der Waals surface area contributed by atoms with E-state index >= 15 is 0 Å². The van der Waals surface area contributed by atoms with E-state index in [0.29, 0.717) is 11.9 Å². The minimum Gasteiger partial charge on any atom is -0.382 e. The fourth-order valence-electron chi connectivity index (χ4n) is 2.03. The average Bonchev–Trinajstić information content (AvgIpc) is 2.25. The Bertz CT molecular complexity index is 301. The van der Waals surface area contributed by atoms with E-state index in [1.165, 1.54) is 25.7 Å².